The monoisotopic (exact) mass is 339 g/mol. The smallest absolute Gasteiger partial charge is 0.250 e. The molecule has 0 atom stereocenters. The Morgan fingerprint density at radius 1 is 1.00 bits per heavy atom. The van der Waals surface area contributed by atoms with Crippen LogP contribution in [0.2, 0.25) is 0 Å². The SMILES string of the molecule is Cn1ccc(CN2CCN(C(=O)CCc3ccccc3)CC2)cc1=O. The Labute approximate surface area is 148 Å². The molecule has 1 fully saturated rings. The molecule has 2 heterocycles. The fourth-order valence-electron chi connectivity index (χ4n) is 3.16. The van der Waals surface area contributed by atoms with Crippen LogP contribution >= 0.6 is 0 Å². The van der Waals surface area contributed by atoms with Crippen molar-refractivity contribution in [3.8, 4) is 0 Å². The first-order valence-electron chi connectivity index (χ1n) is 8.81. The second kappa shape index (κ2) is 8.12. The average molecular weight is 339 g/mol. The van der Waals surface area contributed by atoms with E-state index in [1.165, 1.54) is 5.56 Å². The molecule has 1 saturated heterocycles. The average Bonchev–Trinajstić information content (AvgIpc) is 2.64. The molecule has 0 unspecified atom stereocenters. The fourth-order valence-corrected chi connectivity index (χ4v) is 3.16. The normalized spacial score (nSPS) is 15.3. The first-order valence-corrected chi connectivity index (χ1v) is 8.81. The van der Waals surface area contributed by atoms with E-state index in [0.717, 1.165) is 44.7 Å². The molecule has 1 amide bonds. The molecule has 0 aliphatic carbocycles. The van der Waals surface area contributed by atoms with Crippen molar-refractivity contribution in [2.45, 2.75) is 19.4 Å². The largest absolute Gasteiger partial charge is 0.340 e. The highest BCUT2D eigenvalue weighted by molar-refractivity contribution is 5.76. The third-order valence-electron chi connectivity index (χ3n) is 4.77. The van der Waals surface area contributed by atoms with Crippen molar-refractivity contribution in [3.05, 3.63) is 70.1 Å². The standard InChI is InChI=1S/C20H25N3O2/c1-21-10-9-18(15-20(21)25)16-22-11-13-23(14-12-22)19(24)8-7-17-5-3-2-4-6-17/h2-6,9-10,15H,7-8,11-14,16H2,1H3. The zero-order chi connectivity index (χ0) is 17.6. The van der Waals surface area contributed by atoms with E-state index >= 15 is 0 Å². The molecule has 1 aliphatic rings. The van der Waals surface area contributed by atoms with E-state index in [9.17, 15) is 9.59 Å². The van der Waals surface area contributed by atoms with Crippen molar-refractivity contribution in [1.82, 2.24) is 14.4 Å². The van der Waals surface area contributed by atoms with Gasteiger partial charge < -0.3 is 9.47 Å². The number of carbonyl (C=O) groups excluding carboxylic acids is 1. The molecule has 2 aromatic rings. The molecule has 25 heavy (non-hydrogen) atoms. The Hall–Kier alpha value is -2.40. The van der Waals surface area contributed by atoms with Gasteiger partial charge in [-0.1, -0.05) is 30.3 Å². The summed E-state index contributed by atoms with van der Waals surface area (Å²) in [4.78, 5) is 28.3. The molecule has 132 valence electrons. The van der Waals surface area contributed by atoms with Gasteiger partial charge in [0, 0.05) is 58.5 Å². The highest BCUT2D eigenvalue weighted by Crippen LogP contribution is 2.10. The maximum atomic E-state index is 12.4. The second-order valence-electron chi connectivity index (χ2n) is 6.63. The molecule has 0 bridgehead atoms. The minimum atomic E-state index is 0.0206. The van der Waals surface area contributed by atoms with Gasteiger partial charge in [0.25, 0.3) is 5.56 Å². The fraction of sp³-hybridized carbons (Fsp3) is 0.400. The number of hydrogen-bond acceptors (Lipinski definition) is 3. The van der Waals surface area contributed by atoms with E-state index < -0.39 is 0 Å². The van der Waals surface area contributed by atoms with Gasteiger partial charge >= 0.3 is 0 Å². The Morgan fingerprint density at radius 3 is 2.40 bits per heavy atom. The van der Waals surface area contributed by atoms with Crippen LogP contribution in [0, 0.1) is 0 Å². The minimum absolute atomic E-state index is 0.0206. The van der Waals surface area contributed by atoms with Gasteiger partial charge in [0.2, 0.25) is 5.91 Å². The third-order valence-corrected chi connectivity index (χ3v) is 4.77. The summed E-state index contributed by atoms with van der Waals surface area (Å²) in [5, 5.41) is 0. The minimum Gasteiger partial charge on any atom is -0.340 e. The van der Waals surface area contributed by atoms with Crippen LogP contribution in [0.1, 0.15) is 17.5 Å². The summed E-state index contributed by atoms with van der Waals surface area (Å²) in [6.07, 6.45) is 3.17. The van der Waals surface area contributed by atoms with Crippen LogP contribution in [0.4, 0.5) is 0 Å². The number of hydrogen-bond donors (Lipinski definition) is 0. The number of carbonyl (C=O) groups is 1. The third kappa shape index (κ3) is 4.79. The number of benzene rings is 1. The number of amides is 1. The molecule has 5 nitrogen and oxygen atoms in total. The predicted molar refractivity (Wildman–Crippen MR) is 98.3 cm³/mol. The highest BCUT2D eigenvalue weighted by atomic mass is 16.2. The van der Waals surface area contributed by atoms with Gasteiger partial charge in [-0.2, -0.15) is 0 Å². The summed E-state index contributed by atoms with van der Waals surface area (Å²) in [5.41, 5.74) is 2.26. The summed E-state index contributed by atoms with van der Waals surface area (Å²) in [5.74, 6) is 0.233. The number of piperazine rings is 1. The molecular weight excluding hydrogens is 314 g/mol. The lowest BCUT2D eigenvalue weighted by molar-refractivity contribution is -0.133. The molecule has 1 aromatic carbocycles. The van der Waals surface area contributed by atoms with Crippen molar-refractivity contribution >= 4 is 5.91 Å². The Morgan fingerprint density at radius 2 is 1.72 bits per heavy atom. The molecule has 5 heteroatoms. The van der Waals surface area contributed by atoms with Gasteiger partial charge in [-0.3, -0.25) is 14.5 Å². The number of rotatable bonds is 5. The molecular formula is C20H25N3O2. The lowest BCUT2D eigenvalue weighted by Gasteiger charge is -2.34. The van der Waals surface area contributed by atoms with Crippen LogP contribution in [0.5, 0.6) is 0 Å². The Balaban J connectivity index is 1.45. The summed E-state index contributed by atoms with van der Waals surface area (Å²) in [6, 6.07) is 13.8. The molecule has 3 rings (SSSR count). The van der Waals surface area contributed by atoms with E-state index in [-0.39, 0.29) is 11.5 Å². The van der Waals surface area contributed by atoms with Crippen LogP contribution in [0.3, 0.4) is 0 Å². The summed E-state index contributed by atoms with van der Waals surface area (Å²) >= 11 is 0. The number of pyridine rings is 1. The van der Waals surface area contributed by atoms with Crippen molar-refractivity contribution in [3.63, 3.8) is 0 Å². The van der Waals surface area contributed by atoms with Gasteiger partial charge in [0.1, 0.15) is 0 Å². The zero-order valence-electron chi connectivity index (χ0n) is 14.7. The van der Waals surface area contributed by atoms with Crippen LogP contribution in [-0.2, 0) is 24.8 Å². The van der Waals surface area contributed by atoms with Crippen LogP contribution < -0.4 is 5.56 Å². The lowest BCUT2D eigenvalue weighted by Crippen LogP contribution is -2.48. The maximum Gasteiger partial charge on any atom is 0.250 e. The summed E-state index contributed by atoms with van der Waals surface area (Å²) in [6.45, 7) is 4.00. The van der Waals surface area contributed by atoms with Crippen LogP contribution in [0.25, 0.3) is 0 Å². The van der Waals surface area contributed by atoms with E-state index in [1.807, 2.05) is 29.2 Å². The zero-order valence-corrected chi connectivity index (χ0v) is 14.7. The Kier molecular flexibility index (Phi) is 5.66. The van der Waals surface area contributed by atoms with E-state index in [2.05, 4.69) is 17.0 Å². The summed E-state index contributed by atoms with van der Waals surface area (Å²) < 4.78 is 1.58. The topological polar surface area (TPSA) is 45.5 Å². The lowest BCUT2D eigenvalue weighted by atomic mass is 10.1. The van der Waals surface area contributed by atoms with Gasteiger partial charge in [-0.15, -0.1) is 0 Å². The van der Waals surface area contributed by atoms with Crippen molar-refractivity contribution in [1.29, 1.82) is 0 Å². The van der Waals surface area contributed by atoms with Crippen molar-refractivity contribution < 1.29 is 4.79 Å². The van der Waals surface area contributed by atoms with Gasteiger partial charge in [-0.25, -0.2) is 0 Å². The van der Waals surface area contributed by atoms with Crippen molar-refractivity contribution in [2.75, 3.05) is 26.2 Å². The van der Waals surface area contributed by atoms with Gasteiger partial charge in [-0.05, 0) is 23.6 Å². The number of aromatic nitrogens is 1. The van der Waals surface area contributed by atoms with E-state index in [0.29, 0.717) is 6.42 Å². The molecule has 1 aliphatic heterocycles. The molecule has 0 radical (unpaired) electrons. The maximum absolute atomic E-state index is 12.4. The predicted octanol–water partition coefficient (Wildman–Crippen LogP) is 1.66. The first kappa shape index (κ1) is 17.4. The molecule has 0 spiro atoms. The molecule has 1 aromatic heterocycles. The quantitative estimate of drug-likeness (QED) is 0.832. The molecule has 0 N–H and O–H groups in total. The van der Waals surface area contributed by atoms with E-state index in [4.69, 9.17) is 0 Å². The Bertz CT molecular complexity index is 762. The van der Waals surface area contributed by atoms with Crippen LogP contribution in [0.15, 0.2) is 53.5 Å². The van der Waals surface area contributed by atoms with Crippen molar-refractivity contribution in [2.24, 2.45) is 7.05 Å². The number of nitrogens with zero attached hydrogens (tertiary/aromatic N) is 3. The van der Waals surface area contributed by atoms with Gasteiger partial charge in [0.15, 0.2) is 0 Å². The number of aryl methyl sites for hydroxylation is 2. The van der Waals surface area contributed by atoms with Gasteiger partial charge in [0.05, 0.1) is 0 Å². The van der Waals surface area contributed by atoms with Crippen LogP contribution in [-0.4, -0.2) is 46.5 Å². The van der Waals surface area contributed by atoms with E-state index in [1.54, 1.807) is 23.9 Å². The first-order chi connectivity index (χ1) is 12.1. The summed E-state index contributed by atoms with van der Waals surface area (Å²) in [7, 11) is 1.76. The highest BCUT2D eigenvalue weighted by Gasteiger charge is 2.20. The molecule has 0 saturated carbocycles. The second-order valence-corrected chi connectivity index (χ2v) is 6.63.